The van der Waals surface area contributed by atoms with E-state index in [1.165, 1.54) is 31.5 Å². The first-order valence-electron chi connectivity index (χ1n) is 7.73. The van der Waals surface area contributed by atoms with Gasteiger partial charge in [-0.2, -0.15) is 0 Å². The summed E-state index contributed by atoms with van der Waals surface area (Å²) in [7, 11) is 0. The lowest BCUT2D eigenvalue weighted by Crippen LogP contribution is -2.23. The van der Waals surface area contributed by atoms with Gasteiger partial charge in [0.25, 0.3) is 12.3 Å². The van der Waals surface area contributed by atoms with E-state index in [9.17, 15) is 18.4 Å². The highest BCUT2D eigenvalue weighted by Gasteiger charge is 2.10. The van der Waals surface area contributed by atoms with Crippen molar-refractivity contribution in [3.8, 4) is 5.88 Å². The fraction of sp³-hybridized carbons (Fsp3) is 0.294. The van der Waals surface area contributed by atoms with Crippen molar-refractivity contribution >= 4 is 17.6 Å². The first-order chi connectivity index (χ1) is 12.3. The van der Waals surface area contributed by atoms with Gasteiger partial charge in [-0.25, -0.2) is 18.7 Å². The van der Waals surface area contributed by atoms with E-state index in [4.69, 9.17) is 4.74 Å². The molecule has 0 saturated carbocycles. The van der Waals surface area contributed by atoms with Gasteiger partial charge in [-0.3, -0.25) is 9.59 Å². The molecule has 26 heavy (non-hydrogen) atoms. The van der Waals surface area contributed by atoms with Gasteiger partial charge >= 0.3 is 0 Å². The van der Waals surface area contributed by atoms with Crippen molar-refractivity contribution in [2.24, 2.45) is 0 Å². The average Bonchev–Trinajstić information content (AvgIpc) is 2.58. The van der Waals surface area contributed by atoms with Crippen LogP contribution in [-0.4, -0.2) is 34.8 Å². The number of nitrogens with one attached hydrogen (secondary N) is 2. The van der Waals surface area contributed by atoms with E-state index >= 15 is 0 Å². The van der Waals surface area contributed by atoms with Gasteiger partial charge in [-0.1, -0.05) is 0 Å². The van der Waals surface area contributed by atoms with Gasteiger partial charge in [0.15, 0.2) is 6.61 Å². The number of aryl methyl sites for hydroxylation is 1. The summed E-state index contributed by atoms with van der Waals surface area (Å²) < 4.78 is 29.2. The molecular weight excluding hydrogens is 346 g/mol. The van der Waals surface area contributed by atoms with E-state index in [2.05, 4.69) is 20.6 Å². The molecule has 9 heteroatoms. The fourth-order valence-electron chi connectivity index (χ4n) is 2.12. The third kappa shape index (κ3) is 5.76. The number of amides is 2. The molecule has 0 fully saturated rings. The third-order valence-electron chi connectivity index (χ3n) is 3.21. The Morgan fingerprint density at radius 2 is 2.04 bits per heavy atom. The SMILES string of the molecule is CC(=O)Nc1cc(C(=O)NCc2cnc(OCC(F)F)c(C)c2)ccn1. The van der Waals surface area contributed by atoms with Crippen LogP contribution in [0, 0.1) is 6.92 Å². The number of anilines is 1. The Kier molecular flexibility index (Phi) is 6.54. The van der Waals surface area contributed by atoms with Gasteiger partial charge in [0.1, 0.15) is 5.82 Å². The molecule has 2 aromatic rings. The molecule has 2 rings (SSSR count). The zero-order chi connectivity index (χ0) is 19.1. The Morgan fingerprint density at radius 1 is 1.27 bits per heavy atom. The highest BCUT2D eigenvalue weighted by Crippen LogP contribution is 2.16. The number of ether oxygens (including phenoxy) is 1. The second-order valence-corrected chi connectivity index (χ2v) is 5.46. The van der Waals surface area contributed by atoms with Crippen LogP contribution >= 0.6 is 0 Å². The summed E-state index contributed by atoms with van der Waals surface area (Å²) in [6.07, 6.45) is 0.294. The van der Waals surface area contributed by atoms with E-state index < -0.39 is 13.0 Å². The molecule has 2 N–H and O–H groups in total. The smallest absolute Gasteiger partial charge is 0.272 e. The molecule has 0 aromatic carbocycles. The van der Waals surface area contributed by atoms with E-state index in [0.717, 1.165) is 0 Å². The second-order valence-electron chi connectivity index (χ2n) is 5.46. The zero-order valence-corrected chi connectivity index (χ0v) is 14.3. The molecule has 0 unspecified atom stereocenters. The number of carbonyl (C=O) groups is 2. The summed E-state index contributed by atoms with van der Waals surface area (Å²) in [6.45, 7) is 2.50. The standard InChI is InChI=1S/C17H18F2N4O3/c1-10-5-12(8-22-17(10)26-9-14(18)19)7-21-16(25)13-3-4-20-15(6-13)23-11(2)24/h3-6,8,14H,7,9H2,1-2H3,(H,21,25)(H,20,23,24). The number of hydrogen-bond donors (Lipinski definition) is 2. The van der Waals surface area contributed by atoms with Crippen molar-refractivity contribution in [2.45, 2.75) is 26.8 Å². The number of aromatic nitrogens is 2. The Hall–Kier alpha value is -3.10. The van der Waals surface area contributed by atoms with Gasteiger partial charge in [0.2, 0.25) is 11.8 Å². The molecule has 138 valence electrons. The summed E-state index contributed by atoms with van der Waals surface area (Å²) in [6, 6.07) is 4.68. The van der Waals surface area contributed by atoms with Crippen LogP contribution in [0.5, 0.6) is 5.88 Å². The molecule has 2 amide bonds. The molecule has 2 heterocycles. The van der Waals surface area contributed by atoms with Gasteiger partial charge < -0.3 is 15.4 Å². The first kappa shape index (κ1) is 19.2. The summed E-state index contributed by atoms with van der Waals surface area (Å²) in [5, 5.41) is 5.21. The summed E-state index contributed by atoms with van der Waals surface area (Å²) in [5.74, 6) is -0.224. The van der Waals surface area contributed by atoms with Crippen LogP contribution in [0.4, 0.5) is 14.6 Å². The molecule has 7 nitrogen and oxygen atoms in total. The first-order valence-corrected chi connectivity index (χ1v) is 7.73. The lowest BCUT2D eigenvalue weighted by molar-refractivity contribution is -0.114. The van der Waals surface area contributed by atoms with Gasteiger partial charge in [0.05, 0.1) is 0 Å². The number of pyridine rings is 2. The predicted molar refractivity (Wildman–Crippen MR) is 90.2 cm³/mol. The monoisotopic (exact) mass is 364 g/mol. The van der Waals surface area contributed by atoms with Crippen molar-refractivity contribution in [3.05, 3.63) is 47.3 Å². The Labute approximate surface area is 148 Å². The Morgan fingerprint density at radius 3 is 2.69 bits per heavy atom. The van der Waals surface area contributed by atoms with Crippen LogP contribution < -0.4 is 15.4 Å². The Bertz CT molecular complexity index is 799. The van der Waals surface area contributed by atoms with Crippen LogP contribution in [0.1, 0.15) is 28.4 Å². The molecule has 0 bridgehead atoms. The Balaban J connectivity index is 1.97. The number of alkyl halides is 2. The van der Waals surface area contributed by atoms with Crippen molar-refractivity contribution < 1.29 is 23.1 Å². The van der Waals surface area contributed by atoms with Crippen molar-refractivity contribution in [1.82, 2.24) is 15.3 Å². The topological polar surface area (TPSA) is 93.2 Å². The van der Waals surface area contributed by atoms with Crippen LogP contribution in [-0.2, 0) is 11.3 Å². The predicted octanol–water partition coefficient (Wildman–Crippen LogP) is 2.32. The van der Waals surface area contributed by atoms with Gasteiger partial charge in [0, 0.05) is 37.0 Å². The average molecular weight is 364 g/mol. The lowest BCUT2D eigenvalue weighted by Gasteiger charge is -2.10. The van der Waals surface area contributed by atoms with E-state index in [-0.39, 0.29) is 30.1 Å². The van der Waals surface area contributed by atoms with Gasteiger partial charge in [-0.05, 0) is 30.7 Å². The van der Waals surface area contributed by atoms with E-state index in [0.29, 0.717) is 16.7 Å². The number of rotatable bonds is 7. The molecule has 0 radical (unpaired) electrons. The molecule has 0 saturated heterocycles. The van der Waals surface area contributed by atoms with E-state index in [1.807, 2.05) is 0 Å². The number of halogens is 2. The summed E-state index contributed by atoms with van der Waals surface area (Å²) in [4.78, 5) is 31.2. The lowest BCUT2D eigenvalue weighted by atomic mass is 10.2. The molecular formula is C17H18F2N4O3. The van der Waals surface area contributed by atoms with Crippen LogP contribution in [0.15, 0.2) is 30.6 Å². The van der Waals surface area contributed by atoms with Crippen molar-refractivity contribution in [3.63, 3.8) is 0 Å². The van der Waals surface area contributed by atoms with Crippen LogP contribution in [0.3, 0.4) is 0 Å². The minimum atomic E-state index is -2.57. The number of nitrogens with zero attached hydrogens (tertiary/aromatic N) is 2. The maximum absolute atomic E-state index is 12.2. The maximum Gasteiger partial charge on any atom is 0.272 e. The van der Waals surface area contributed by atoms with Crippen LogP contribution in [0.25, 0.3) is 0 Å². The van der Waals surface area contributed by atoms with Gasteiger partial charge in [-0.15, -0.1) is 0 Å². The molecule has 0 aliphatic rings. The molecule has 2 aromatic heterocycles. The molecule has 0 atom stereocenters. The van der Waals surface area contributed by atoms with Crippen molar-refractivity contribution in [2.75, 3.05) is 11.9 Å². The quantitative estimate of drug-likeness (QED) is 0.786. The van der Waals surface area contributed by atoms with E-state index in [1.54, 1.807) is 13.0 Å². The number of carbonyl (C=O) groups excluding carboxylic acids is 2. The molecule has 0 aliphatic heterocycles. The minimum Gasteiger partial charge on any atom is -0.471 e. The highest BCUT2D eigenvalue weighted by atomic mass is 19.3. The zero-order valence-electron chi connectivity index (χ0n) is 14.3. The summed E-state index contributed by atoms with van der Waals surface area (Å²) in [5.41, 5.74) is 1.62. The largest absolute Gasteiger partial charge is 0.471 e. The molecule has 0 aliphatic carbocycles. The summed E-state index contributed by atoms with van der Waals surface area (Å²) >= 11 is 0. The minimum absolute atomic E-state index is 0.134. The third-order valence-corrected chi connectivity index (χ3v) is 3.21. The highest BCUT2D eigenvalue weighted by molar-refractivity contribution is 5.96. The van der Waals surface area contributed by atoms with Crippen LogP contribution in [0.2, 0.25) is 0 Å². The second kappa shape index (κ2) is 8.84. The fourth-order valence-corrected chi connectivity index (χ4v) is 2.12. The number of hydrogen-bond acceptors (Lipinski definition) is 5. The normalized spacial score (nSPS) is 10.5. The molecule has 0 spiro atoms. The van der Waals surface area contributed by atoms with Crippen molar-refractivity contribution in [1.29, 1.82) is 0 Å². The maximum atomic E-state index is 12.2.